The molecule has 1 aliphatic heterocycles. The second-order valence-corrected chi connectivity index (χ2v) is 4.02. The number of likely N-dealkylation sites (tertiary alicyclic amines) is 1. The Morgan fingerprint density at radius 1 is 1.21 bits per heavy atom. The lowest BCUT2D eigenvalue weighted by molar-refractivity contribution is 0.0328. The van der Waals surface area contributed by atoms with Crippen LogP contribution in [0.25, 0.3) is 0 Å². The van der Waals surface area contributed by atoms with Crippen LogP contribution in [0.15, 0.2) is 0 Å². The van der Waals surface area contributed by atoms with Gasteiger partial charge in [-0.3, -0.25) is 4.90 Å². The van der Waals surface area contributed by atoms with Crippen molar-refractivity contribution in [1.29, 1.82) is 0 Å². The summed E-state index contributed by atoms with van der Waals surface area (Å²) in [5, 5.41) is 27.3. The predicted octanol–water partition coefficient (Wildman–Crippen LogP) is -0.424. The Labute approximate surface area is 85.2 Å². The number of nitrogens with zero attached hydrogens (tertiary/aromatic N) is 1. The fourth-order valence-corrected chi connectivity index (χ4v) is 2.01. The Hall–Kier alpha value is -0.160. The smallest absolute Gasteiger partial charge is 0.0897 e. The van der Waals surface area contributed by atoms with E-state index < -0.39 is 6.10 Å². The molecule has 1 aliphatic rings. The Morgan fingerprint density at radius 2 is 2.00 bits per heavy atom. The van der Waals surface area contributed by atoms with Crippen LogP contribution < -0.4 is 0 Å². The molecule has 84 valence electrons. The molecular weight excluding hydrogens is 182 g/mol. The highest BCUT2D eigenvalue weighted by atomic mass is 16.3. The van der Waals surface area contributed by atoms with Crippen molar-refractivity contribution in [2.24, 2.45) is 0 Å². The van der Waals surface area contributed by atoms with E-state index in [1.54, 1.807) is 0 Å². The lowest BCUT2D eigenvalue weighted by atomic mass is 10.1. The Balaban J connectivity index is 2.43. The van der Waals surface area contributed by atoms with Gasteiger partial charge in [-0.1, -0.05) is 12.8 Å². The molecule has 14 heavy (non-hydrogen) atoms. The molecule has 0 amide bonds. The van der Waals surface area contributed by atoms with Gasteiger partial charge in [-0.15, -0.1) is 0 Å². The predicted molar refractivity (Wildman–Crippen MR) is 54.0 cm³/mol. The summed E-state index contributed by atoms with van der Waals surface area (Å²) >= 11 is 0. The van der Waals surface area contributed by atoms with E-state index in [0.29, 0.717) is 6.54 Å². The van der Waals surface area contributed by atoms with Gasteiger partial charge in [-0.05, 0) is 19.4 Å². The van der Waals surface area contributed by atoms with E-state index in [1.165, 1.54) is 6.42 Å². The monoisotopic (exact) mass is 203 g/mol. The maximum absolute atomic E-state index is 9.34. The van der Waals surface area contributed by atoms with Crippen LogP contribution in [-0.2, 0) is 0 Å². The fraction of sp³-hybridized carbons (Fsp3) is 1.00. The van der Waals surface area contributed by atoms with E-state index in [1.807, 2.05) is 0 Å². The minimum absolute atomic E-state index is 0.151. The number of aliphatic hydroxyl groups is 3. The van der Waals surface area contributed by atoms with Gasteiger partial charge in [-0.25, -0.2) is 0 Å². The summed E-state index contributed by atoms with van der Waals surface area (Å²) in [5.41, 5.74) is 0. The van der Waals surface area contributed by atoms with Crippen LogP contribution in [0.1, 0.15) is 25.7 Å². The molecule has 1 heterocycles. The normalized spacial score (nSPS) is 27.2. The standard InChI is InChI=1S/C10H21NO3/c12-7-9-4-2-1-3-5-11(9)6-10(14)8-13/h9-10,12-14H,1-8H2. The van der Waals surface area contributed by atoms with Crippen LogP contribution in [0.3, 0.4) is 0 Å². The second kappa shape index (κ2) is 6.35. The minimum atomic E-state index is -0.679. The fourth-order valence-electron chi connectivity index (χ4n) is 2.01. The third-order valence-corrected chi connectivity index (χ3v) is 2.87. The summed E-state index contributed by atoms with van der Waals surface area (Å²) in [4.78, 5) is 2.09. The average Bonchev–Trinajstić information content (AvgIpc) is 2.42. The van der Waals surface area contributed by atoms with E-state index >= 15 is 0 Å². The molecule has 3 N–H and O–H groups in total. The molecule has 1 fully saturated rings. The number of hydrogen-bond acceptors (Lipinski definition) is 4. The lowest BCUT2D eigenvalue weighted by Gasteiger charge is -2.29. The Kier molecular flexibility index (Phi) is 5.40. The Bertz CT molecular complexity index is 154. The molecule has 0 aliphatic carbocycles. The van der Waals surface area contributed by atoms with Crippen LogP contribution in [-0.4, -0.2) is 58.7 Å². The maximum atomic E-state index is 9.34. The quantitative estimate of drug-likeness (QED) is 0.580. The zero-order chi connectivity index (χ0) is 10.4. The van der Waals surface area contributed by atoms with Gasteiger partial charge in [0.05, 0.1) is 19.3 Å². The van der Waals surface area contributed by atoms with Gasteiger partial charge >= 0.3 is 0 Å². The van der Waals surface area contributed by atoms with Gasteiger partial charge in [0.1, 0.15) is 0 Å². The van der Waals surface area contributed by atoms with Crippen molar-refractivity contribution in [3.8, 4) is 0 Å². The summed E-state index contributed by atoms with van der Waals surface area (Å²) < 4.78 is 0. The van der Waals surface area contributed by atoms with E-state index in [4.69, 9.17) is 5.11 Å². The van der Waals surface area contributed by atoms with Gasteiger partial charge in [0.2, 0.25) is 0 Å². The van der Waals surface area contributed by atoms with Gasteiger partial charge in [0, 0.05) is 12.6 Å². The SMILES string of the molecule is OCC(O)CN1CCCCCC1CO. The minimum Gasteiger partial charge on any atom is -0.395 e. The van der Waals surface area contributed by atoms with E-state index in [9.17, 15) is 10.2 Å². The first-order chi connectivity index (χ1) is 6.77. The maximum Gasteiger partial charge on any atom is 0.0897 e. The molecule has 2 unspecified atom stereocenters. The van der Waals surface area contributed by atoms with Crippen molar-refractivity contribution in [3.63, 3.8) is 0 Å². The highest BCUT2D eigenvalue weighted by molar-refractivity contribution is 4.76. The number of hydrogen-bond donors (Lipinski definition) is 3. The summed E-state index contributed by atoms with van der Waals surface area (Å²) in [7, 11) is 0. The zero-order valence-electron chi connectivity index (χ0n) is 8.60. The van der Waals surface area contributed by atoms with Crippen molar-refractivity contribution in [1.82, 2.24) is 4.90 Å². The zero-order valence-corrected chi connectivity index (χ0v) is 8.60. The molecule has 1 saturated heterocycles. The number of rotatable bonds is 4. The number of aliphatic hydroxyl groups excluding tert-OH is 3. The highest BCUT2D eigenvalue weighted by Crippen LogP contribution is 2.16. The highest BCUT2D eigenvalue weighted by Gasteiger charge is 2.21. The summed E-state index contributed by atoms with van der Waals surface area (Å²) in [5.74, 6) is 0. The Morgan fingerprint density at radius 3 is 2.64 bits per heavy atom. The topological polar surface area (TPSA) is 63.9 Å². The molecule has 4 heteroatoms. The third-order valence-electron chi connectivity index (χ3n) is 2.87. The summed E-state index contributed by atoms with van der Waals surface area (Å²) in [6.07, 6.45) is 3.78. The van der Waals surface area contributed by atoms with Crippen LogP contribution in [0, 0.1) is 0 Å². The van der Waals surface area contributed by atoms with Crippen molar-refractivity contribution in [2.75, 3.05) is 26.3 Å². The van der Waals surface area contributed by atoms with Gasteiger partial charge in [0.25, 0.3) is 0 Å². The first-order valence-electron chi connectivity index (χ1n) is 5.41. The molecule has 0 bridgehead atoms. The molecule has 0 aromatic heterocycles. The van der Waals surface area contributed by atoms with Gasteiger partial charge in [0.15, 0.2) is 0 Å². The van der Waals surface area contributed by atoms with Crippen molar-refractivity contribution in [3.05, 3.63) is 0 Å². The largest absolute Gasteiger partial charge is 0.395 e. The third kappa shape index (κ3) is 3.53. The molecular formula is C10H21NO3. The first kappa shape index (κ1) is 11.9. The van der Waals surface area contributed by atoms with Crippen LogP contribution in [0.2, 0.25) is 0 Å². The molecule has 4 nitrogen and oxygen atoms in total. The molecule has 0 saturated carbocycles. The molecule has 1 rings (SSSR count). The van der Waals surface area contributed by atoms with Crippen LogP contribution in [0.5, 0.6) is 0 Å². The average molecular weight is 203 g/mol. The van der Waals surface area contributed by atoms with Crippen LogP contribution >= 0.6 is 0 Å². The molecule has 2 atom stereocenters. The van der Waals surface area contributed by atoms with Crippen LogP contribution in [0.4, 0.5) is 0 Å². The molecule has 0 aromatic rings. The summed E-state index contributed by atoms with van der Waals surface area (Å²) in [6, 6.07) is 0.165. The van der Waals surface area contributed by atoms with E-state index in [0.717, 1.165) is 25.8 Å². The molecule has 0 aromatic carbocycles. The second-order valence-electron chi connectivity index (χ2n) is 4.02. The lowest BCUT2D eigenvalue weighted by Crippen LogP contribution is -2.43. The first-order valence-corrected chi connectivity index (χ1v) is 5.41. The molecule has 0 radical (unpaired) electrons. The van der Waals surface area contributed by atoms with Crippen molar-refractivity contribution in [2.45, 2.75) is 37.8 Å². The molecule has 0 spiro atoms. The van der Waals surface area contributed by atoms with E-state index in [-0.39, 0.29) is 19.3 Å². The van der Waals surface area contributed by atoms with Gasteiger partial charge in [-0.2, -0.15) is 0 Å². The van der Waals surface area contributed by atoms with E-state index in [2.05, 4.69) is 4.90 Å². The summed E-state index contributed by atoms with van der Waals surface area (Å²) in [6.45, 7) is 1.34. The van der Waals surface area contributed by atoms with Crippen molar-refractivity contribution < 1.29 is 15.3 Å². The number of β-amino-alcohol motifs (C(OH)–C–C–N with tert-alkyl or cyclic N) is 1. The van der Waals surface area contributed by atoms with Gasteiger partial charge < -0.3 is 15.3 Å². The van der Waals surface area contributed by atoms with Crippen molar-refractivity contribution >= 4 is 0 Å².